The van der Waals surface area contributed by atoms with E-state index in [2.05, 4.69) is 15.9 Å². The van der Waals surface area contributed by atoms with Crippen LogP contribution >= 0.6 is 15.9 Å². The van der Waals surface area contributed by atoms with E-state index >= 15 is 0 Å². The minimum Gasteiger partial charge on any atom is -0.396 e. The SMILES string of the molecule is C[C@@H](CO)c1ccc(Br)cc1F. The normalized spacial score (nSPS) is 13.0. The molecule has 1 atom stereocenters. The van der Waals surface area contributed by atoms with Gasteiger partial charge in [0, 0.05) is 17.0 Å². The van der Waals surface area contributed by atoms with Crippen molar-refractivity contribution >= 4 is 15.9 Å². The molecule has 0 radical (unpaired) electrons. The van der Waals surface area contributed by atoms with Crippen LogP contribution in [0.2, 0.25) is 0 Å². The Morgan fingerprint density at radius 1 is 1.58 bits per heavy atom. The van der Waals surface area contributed by atoms with E-state index in [1.807, 2.05) is 0 Å². The molecule has 1 nitrogen and oxygen atoms in total. The lowest BCUT2D eigenvalue weighted by Crippen LogP contribution is -2.01. The number of hydrogen-bond donors (Lipinski definition) is 1. The van der Waals surface area contributed by atoms with Gasteiger partial charge in [-0.05, 0) is 17.7 Å². The van der Waals surface area contributed by atoms with Gasteiger partial charge in [-0.15, -0.1) is 0 Å². The zero-order valence-corrected chi connectivity index (χ0v) is 8.31. The molecule has 1 aromatic carbocycles. The fourth-order valence-corrected chi connectivity index (χ4v) is 1.33. The van der Waals surface area contributed by atoms with E-state index in [4.69, 9.17) is 5.11 Å². The molecule has 0 saturated carbocycles. The van der Waals surface area contributed by atoms with Gasteiger partial charge < -0.3 is 5.11 Å². The molecule has 0 unspecified atom stereocenters. The molecular weight excluding hydrogens is 223 g/mol. The van der Waals surface area contributed by atoms with Crippen molar-refractivity contribution in [3.8, 4) is 0 Å². The fraction of sp³-hybridized carbons (Fsp3) is 0.333. The molecule has 66 valence electrons. The lowest BCUT2D eigenvalue weighted by Gasteiger charge is -2.08. The van der Waals surface area contributed by atoms with Gasteiger partial charge in [0.1, 0.15) is 5.82 Å². The molecule has 1 rings (SSSR count). The number of aliphatic hydroxyl groups excluding tert-OH is 1. The minimum absolute atomic E-state index is 0.0292. The molecular formula is C9H10BrFO. The largest absolute Gasteiger partial charge is 0.396 e. The molecule has 0 fully saturated rings. The zero-order chi connectivity index (χ0) is 9.14. The van der Waals surface area contributed by atoms with E-state index in [0.717, 1.165) is 0 Å². The van der Waals surface area contributed by atoms with Gasteiger partial charge in [-0.2, -0.15) is 0 Å². The van der Waals surface area contributed by atoms with Gasteiger partial charge in [0.05, 0.1) is 0 Å². The summed E-state index contributed by atoms with van der Waals surface area (Å²) < 4.78 is 13.9. The first-order chi connectivity index (χ1) is 5.65. The maximum absolute atomic E-state index is 13.1. The van der Waals surface area contributed by atoms with Gasteiger partial charge >= 0.3 is 0 Å². The van der Waals surface area contributed by atoms with E-state index < -0.39 is 0 Å². The third kappa shape index (κ3) is 2.05. The van der Waals surface area contributed by atoms with Crippen LogP contribution in [0.4, 0.5) is 4.39 Å². The molecule has 0 saturated heterocycles. The third-order valence-corrected chi connectivity index (χ3v) is 2.26. The number of rotatable bonds is 2. The minimum atomic E-state index is -0.272. The number of benzene rings is 1. The molecule has 12 heavy (non-hydrogen) atoms. The van der Waals surface area contributed by atoms with Crippen molar-refractivity contribution < 1.29 is 9.50 Å². The maximum atomic E-state index is 13.1. The van der Waals surface area contributed by atoms with Crippen molar-refractivity contribution in [1.29, 1.82) is 0 Å². The lowest BCUT2D eigenvalue weighted by molar-refractivity contribution is 0.270. The van der Waals surface area contributed by atoms with Crippen molar-refractivity contribution in [1.82, 2.24) is 0 Å². The molecule has 1 aromatic rings. The topological polar surface area (TPSA) is 20.2 Å². The summed E-state index contributed by atoms with van der Waals surface area (Å²) in [5.74, 6) is -0.413. The molecule has 0 aliphatic heterocycles. The summed E-state index contributed by atoms with van der Waals surface area (Å²) >= 11 is 3.16. The summed E-state index contributed by atoms with van der Waals surface area (Å²) in [5, 5.41) is 8.80. The Hall–Kier alpha value is -0.410. The van der Waals surface area contributed by atoms with Gasteiger partial charge in [0.2, 0.25) is 0 Å². The summed E-state index contributed by atoms with van der Waals surface area (Å²) in [6.45, 7) is 1.75. The first-order valence-electron chi connectivity index (χ1n) is 3.71. The average Bonchev–Trinajstić information content (AvgIpc) is 2.03. The molecule has 0 aliphatic carbocycles. The standard InChI is InChI=1S/C9H10BrFO/c1-6(5-12)8-3-2-7(10)4-9(8)11/h2-4,6,12H,5H2,1H3/t6-/m0/s1. The second-order valence-corrected chi connectivity index (χ2v) is 3.67. The summed E-state index contributed by atoms with van der Waals surface area (Å²) in [6, 6.07) is 4.85. The van der Waals surface area contributed by atoms with Gasteiger partial charge in [-0.25, -0.2) is 4.39 Å². The number of aliphatic hydroxyl groups is 1. The van der Waals surface area contributed by atoms with Crippen LogP contribution in [0, 0.1) is 5.82 Å². The smallest absolute Gasteiger partial charge is 0.127 e. The van der Waals surface area contributed by atoms with Gasteiger partial charge in [-0.1, -0.05) is 28.9 Å². The molecule has 0 spiro atoms. The van der Waals surface area contributed by atoms with Crippen molar-refractivity contribution in [3.05, 3.63) is 34.1 Å². The van der Waals surface area contributed by atoms with Crippen LogP contribution in [-0.4, -0.2) is 11.7 Å². The van der Waals surface area contributed by atoms with E-state index in [1.54, 1.807) is 19.1 Å². The summed E-state index contributed by atoms with van der Waals surface area (Å²) in [4.78, 5) is 0. The van der Waals surface area contributed by atoms with Crippen molar-refractivity contribution in [2.75, 3.05) is 6.61 Å². The van der Waals surface area contributed by atoms with Crippen LogP contribution in [-0.2, 0) is 0 Å². The second-order valence-electron chi connectivity index (χ2n) is 2.75. The van der Waals surface area contributed by atoms with Crippen LogP contribution < -0.4 is 0 Å². The number of hydrogen-bond acceptors (Lipinski definition) is 1. The van der Waals surface area contributed by atoms with E-state index in [0.29, 0.717) is 10.0 Å². The first kappa shape index (κ1) is 9.68. The lowest BCUT2D eigenvalue weighted by atomic mass is 10.0. The molecule has 0 amide bonds. The van der Waals surface area contributed by atoms with Gasteiger partial charge in [-0.3, -0.25) is 0 Å². The van der Waals surface area contributed by atoms with Crippen molar-refractivity contribution in [3.63, 3.8) is 0 Å². The van der Waals surface area contributed by atoms with E-state index in [9.17, 15) is 4.39 Å². The van der Waals surface area contributed by atoms with Crippen LogP contribution in [0.25, 0.3) is 0 Å². The summed E-state index contributed by atoms with van der Waals surface area (Å²) in [7, 11) is 0. The highest BCUT2D eigenvalue weighted by Crippen LogP contribution is 2.21. The summed E-state index contributed by atoms with van der Waals surface area (Å²) in [5.41, 5.74) is 0.556. The molecule has 0 aromatic heterocycles. The Balaban J connectivity index is 3.01. The zero-order valence-electron chi connectivity index (χ0n) is 6.72. The Morgan fingerprint density at radius 2 is 2.25 bits per heavy atom. The fourth-order valence-electron chi connectivity index (χ4n) is 1.000. The van der Waals surface area contributed by atoms with E-state index in [-0.39, 0.29) is 18.3 Å². The third-order valence-electron chi connectivity index (χ3n) is 1.77. The average molecular weight is 233 g/mol. The van der Waals surface area contributed by atoms with E-state index in [1.165, 1.54) is 6.07 Å². The maximum Gasteiger partial charge on any atom is 0.127 e. The number of halogens is 2. The van der Waals surface area contributed by atoms with Crippen LogP contribution in [0.5, 0.6) is 0 Å². The molecule has 0 heterocycles. The summed E-state index contributed by atoms with van der Waals surface area (Å²) in [6.07, 6.45) is 0. The predicted molar refractivity (Wildman–Crippen MR) is 49.6 cm³/mol. The van der Waals surface area contributed by atoms with Crippen molar-refractivity contribution in [2.24, 2.45) is 0 Å². The molecule has 1 N–H and O–H groups in total. The first-order valence-corrected chi connectivity index (χ1v) is 4.50. The second kappa shape index (κ2) is 4.01. The Kier molecular flexibility index (Phi) is 3.23. The highest BCUT2D eigenvalue weighted by molar-refractivity contribution is 9.10. The van der Waals surface area contributed by atoms with Crippen LogP contribution in [0.15, 0.2) is 22.7 Å². The molecule has 0 bridgehead atoms. The van der Waals surface area contributed by atoms with Gasteiger partial charge in [0.15, 0.2) is 0 Å². The Labute approximate surface area is 79.4 Å². The Morgan fingerprint density at radius 3 is 2.75 bits per heavy atom. The molecule has 0 aliphatic rings. The predicted octanol–water partition coefficient (Wildman–Crippen LogP) is 2.68. The monoisotopic (exact) mass is 232 g/mol. The van der Waals surface area contributed by atoms with Crippen LogP contribution in [0.1, 0.15) is 18.4 Å². The van der Waals surface area contributed by atoms with Crippen LogP contribution in [0.3, 0.4) is 0 Å². The van der Waals surface area contributed by atoms with Crippen molar-refractivity contribution in [2.45, 2.75) is 12.8 Å². The van der Waals surface area contributed by atoms with Gasteiger partial charge in [0.25, 0.3) is 0 Å². The highest BCUT2D eigenvalue weighted by atomic mass is 79.9. The quantitative estimate of drug-likeness (QED) is 0.832. The molecule has 3 heteroatoms. The highest BCUT2D eigenvalue weighted by Gasteiger charge is 2.09. The Bertz CT molecular complexity index is 275.